The molecule has 0 aliphatic carbocycles. The van der Waals surface area contributed by atoms with Gasteiger partial charge in [0, 0.05) is 38.1 Å². The van der Waals surface area contributed by atoms with Gasteiger partial charge in [0.2, 0.25) is 15.9 Å². The van der Waals surface area contributed by atoms with Gasteiger partial charge >= 0.3 is 0 Å². The second-order valence-corrected chi connectivity index (χ2v) is 11.3. The molecular formula is C24H39N3O3S. The summed E-state index contributed by atoms with van der Waals surface area (Å²) in [4.78, 5) is 15.7. The van der Waals surface area contributed by atoms with E-state index in [9.17, 15) is 13.2 Å². The number of sulfonamides is 1. The van der Waals surface area contributed by atoms with Crippen molar-refractivity contribution in [1.82, 2.24) is 14.5 Å². The molecule has 1 aromatic carbocycles. The van der Waals surface area contributed by atoms with Gasteiger partial charge < -0.3 is 10.2 Å². The molecule has 0 saturated carbocycles. The first-order valence-electron chi connectivity index (χ1n) is 11.8. The zero-order valence-corrected chi connectivity index (χ0v) is 20.6. The molecule has 0 atom stereocenters. The van der Waals surface area contributed by atoms with E-state index in [4.69, 9.17) is 0 Å². The second kappa shape index (κ2) is 10.0. The van der Waals surface area contributed by atoms with Gasteiger partial charge in [0.25, 0.3) is 0 Å². The highest BCUT2D eigenvalue weighted by Gasteiger charge is 2.35. The molecule has 1 aromatic rings. The molecule has 1 N–H and O–H groups in total. The maximum Gasteiger partial charge on any atom is 0.243 e. The topological polar surface area (TPSA) is 69.7 Å². The van der Waals surface area contributed by atoms with Crippen LogP contribution in [0.15, 0.2) is 11.0 Å². The highest BCUT2D eigenvalue weighted by atomic mass is 32.2. The molecule has 0 unspecified atom stereocenters. The highest BCUT2D eigenvalue weighted by Crippen LogP contribution is 2.31. The van der Waals surface area contributed by atoms with E-state index in [0.29, 0.717) is 30.8 Å². The molecule has 174 valence electrons. The van der Waals surface area contributed by atoms with Crippen LogP contribution < -0.4 is 5.32 Å². The van der Waals surface area contributed by atoms with Crippen molar-refractivity contribution in [2.24, 2.45) is 5.92 Å². The average Bonchev–Trinajstić information content (AvgIpc) is 2.74. The van der Waals surface area contributed by atoms with Crippen LogP contribution in [0.1, 0.15) is 61.3 Å². The molecule has 2 heterocycles. The lowest BCUT2D eigenvalue weighted by Gasteiger charge is -2.35. The van der Waals surface area contributed by atoms with Crippen LogP contribution in [0.3, 0.4) is 0 Å². The predicted molar refractivity (Wildman–Crippen MR) is 125 cm³/mol. The van der Waals surface area contributed by atoms with E-state index in [1.165, 1.54) is 6.42 Å². The molecule has 0 aromatic heterocycles. The van der Waals surface area contributed by atoms with Gasteiger partial charge in [-0.05, 0) is 88.6 Å². The van der Waals surface area contributed by atoms with Crippen molar-refractivity contribution in [2.45, 2.75) is 77.7 Å². The fourth-order valence-corrected chi connectivity index (χ4v) is 7.04. The summed E-state index contributed by atoms with van der Waals surface area (Å²) in [6, 6.07) is 2.30. The number of likely N-dealkylation sites (tertiary alicyclic amines) is 1. The Labute approximate surface area is 188 Å². The Morgan fingerprint density at radius 1 is 0.968 bits per heavy atom. The van der Waals surface area contributed by atoms with Gasteiger partial charge in [0.05, 0.1) is 4.90 Å². The summed E-state index contributed by atoms with van der Waals surface area (Å²) in [6.07, 6.45) is 4.35. The number of hydrogen-bond acceptors (Lipinski definition) is 4. The minimum Gasteiger partial charge on any atom is -0.353 e. The lowest BCUT2D eigenvalue weighted by atomic mass is 9.96. The van der Waals surface area contributed by atoms with Gasteiger partial charge in [0.15, 0.2) is 0 Å². The summed E-state index contributed by atoms with van der Waals surface area (Å²) >= 11 is 0. The van der Waals surface area contributed by atoms with E-state index in [1.54, 1.807) is 4.31 Å². The van der Waals surface area contributed by atoms with E-state index in [-0.39, 0.29) is 17.9 Å². The minimum atomic E-state index is -3.56. The van der Waals surface area contributed by atoms with Crippen molar-refractivity contribution in [1.29, 1.82) is 0 Å². The van der Waals surface area contributed by atoms with Gasteiger partial charge in [-0.2, -0.15) is 4.31 Å². The number of hydrogen-bond donors (Lipinski definition) is 1. The number of rotatable bonds is 6. The Bertz CT molecular complexity index is 871. The van der Waals surface area contributed by atoms with Gasteiger partial charge in [0.1, 0.15) is 0 Å². The van der Waals surface area contributed by atoms with E-state index in [1.807, 2.05) is 33.8 Å². The van der Waals surface area contributed by atoms with Crippen LogP contribution >= 0.6 is 0 Å². The van der Waals surface area contributed by atoms with Crippen LogP contribution in [0.4, 0.5) is 0 Å². The zero-order chi connectivity index (χ0) is 22.8. The van der Waals surface area contributed by atoms with Gasteiger partial charge in [-0.3, -0.25) is 4.79 Å². The number of amides is 1. The van der Waals surface area contributed by atoms with Crippen LogP contribution in [0, 0.1) is 33.6 Å². The smallest absolute Gasteiger partial charge is 0.243 e. The van der Waals surface area contributed by atoms with Crippen LogP contribution in [0.5, 0.6) is 0 Å². The second-order valence-electron chi connectivity index (χ2n) is 9.39. The Hall–Kier alpha value is -1.44. The molecule has 2 fully saturated rings. The fourth-order valence-electron chi connectivity index (χ4n) is 4.99. The molecule has 2 saturated heterocycles. The van der Waals surface area contributed by atoms with Crippen molar-refractivity contribution >= 4 is 15.9 Å². The maximum atomic E-state index is 13.4. The molecule has 2 aliphatic heterocycles. The lowest BCUT2D eigenvalue weighted by molar-refractivity contribution is -0.127. The van der Waals surface area contributed by atoms with E-state index < -0.39 is 10.0 Å². The van der Waals surface area contributed by atoms with Crippen LogP contribution in [-0.2, 0) is 14.8 Å². The monoisotopic (exact) mass is 449 g/mol. The molecule has 31 heavy (non-hydrogen) atoms. The minimum absolute atomic E-state index is 0.0958. The Kier molecular flexibility index (Phi) is 7.81. The largest absolute Gasteiger partial charge is 0.353 e. The van der Waals surface area contributed by atoms with Crippen LogP contribution in [0.25, 0.3) is 0 Å². The molecule has 7 heteroatoms. The molecule has 0 spiro atoms. The first-order valence-corrected chi connectivity index (χ1v) is 13.2. The van der Waals surface area contributed by atoms with Crippen molar-refractivity contribution in [3.8, 4) is 0 Å². The number of nitrogens with zero attached hydrogens (tertiary/aromatic N) is 2. The first-order chi connectivity index (χ1) is 14.6. The summed E-state index contributed by atoms with van der Waals surface area (Å²) in [6.45, 7) is 13.9. The number of aryl methyl sites for hydroxylation is 2. The van der Waals surface area contributed by atoms with E-state index in [2.05, 4.69) is 17.1 Å². The van der Waals surface area contributed by atoms with Crippen molar-refractivity contribution < 1.29 is 13.2 Å². The third-order valence-corrected chi connectivity index (χ3v) is 9.37. The molecule has 2 aliphatic rings. The van der Waals surface area contributed by atoms with Gasteiger partial charge in [-0.1, -0.05) is 13.0 Å². The molecule has 3 rings (SSSR count). The number of benzene rings is 1. The highest BCUT2D eigenvalue weighted by molar-refractivity contribution is 7.89. The Balaban J connectivity index is 1.59. The third kappa shape index (κ3) is 5.32. The zero-order valence-electron chi connectivity index (χ0n) is 19.8. The normalized spacial score (nSPS) is 20.2. The molecule has 6 nitrogen and oxygen atoms in total. The number of nitrogens with one attached hydrogen (secondary N) is 1. The van der Waals surface area contributed by atoms with Crippen molar-refractivity contribution in [3.05, 3.63) is 28.3 Å². The SMILES string of the molecule is CCCN1CCC(NC(=O)C2CCN(S(=O)(=O)c3c(C)c(C)cc(C)c3C)CC2)CC1. The van der Waals surface area contributed by atoms with Crippen molar-refractivity contribution in [3.63, 3.8) is 0 Å². The van der Waals surface area contributed by atoms with E-state index in [0.717, 1.165) is 54.7 Å². The van der Waals surface area contributed by atoms with Gasteiger partial charge in [-0.15, -0.1) is 0 Å². The molecule has 0 bridgehead atoms. The number of piperidine rings is 2. The summed E-state index contributed by atoms with van der Waals surface area (Å²) in [5.74, 6) is 0.00584. The molecule has 0 radical (unpaired) electrons. The molecular weight excluding hydrogens is 410 g/mol. The first kappa shape index (κ1) is 24.2. The van der Waals surface area contributed by atoms with E-state index >= 15 is 0 Å². The summed E-state index contributed by atoms with van der Waals surface area (Å²) in [5.41, 5.74) is 3.66. The van der Waals surface area contributed by atoms with Gasteiger partial charge in [-0.25, -0.2) is 8.42 Å². The maximum absolute atomic E-state index is 13.4. The summed E-state index contributed by atoms with van der Waals surface area (Å²) < 4.78 is 28.4. The fraction of sp³-hybridized carbons (Fsp3) is 0.708. The average molecular weight is 450 g/mol. The lowest BCUT2D eigenvalue weighted by Crippen LogP contribution is -2.48. The van der Waals surface area contributed by atoms with Crippen LogP contribution in [-0.4, -0.2) is 62.3 Å². The standard InChI is InChI=1S/C24H39N3O3S/c1-6-11-26-12-9-22(10-13-26)25-24(28)21-7-14-27(15-8-21)31(29,30)23-19(4)17(2)16-18(3)20(23)5/h16,21-22H,6-15H2,1-5H3,(H,25,28). The number of carbonyl (C=O) groups is 1. The van der Waals surface area contributed by atoms with Crippen LogP contribution in [0.2, 0.25) is 0 Å². The third-order valence-electron chi connectivity index (χ3n) is 7.19. The molecule has 1 amide bonds. The Morgan fingerprint density at radius 2 is 1.52 bits per heavy atom. The number of carbonyl (C=O) groups excluding carboxylic acids is 1. The predicted octanol–water partition coefficient (Wildman–Crippen LogP) is 3.31. The van der Waals surface area contributed by atoms with Crippen molar-refractivity contribution in [2.75, 3.05) is 32.7 Å². The summed E-state index contributed by atoms with van der Waals surface area (Å²) in [7, 11) is -3.56. The Morgan fingerprint density at radius 3 is 2.03 bits per heavy atom. The summed E-state index contributed by atoms with van der Waals surface area (Å²) in [5, 5.41) is 3.24. The quantitative estimate of drug-likeness (QED) is 0.723.